The summed E-state index contributed by atoms with van der Waals surface area (Å²) in [6, 6.07) is 0.940. The number of aromatic nitrogens is 1. The Hall–Kier alpha value is -1.87. The molecule has 0 unspecified atom stereocenters. The van der Waals surface area contributed by atoms with Gasteiger partial charge in [0.05, 0.1) is 31.6 Å². The number of carbonyl (C=O) groups excluding carboxylic acids is 1. The van der Waals surface area contributed by atoms with Gasteiger partial charge in [-0.3, -0.25) is 9.63 Å². The van der Waals surface area contributed by atoms with Crippen molar-refractivity contribution in [3.05, 3.63) is 23.5 Å². The quantitative estimate of drug-likeness (QED) is 0.792. The summed E-state index contributed by atoms with van der Waals surface area (Å²) in [5, 5.41) is 0.916. The third kappa shape index (κ3) is 3.47. The van der Waals surface area contributed by atoms with E-state index in [2.05, 4.69) is 4.98 Å². The molecule has 122 valence electrons. The summed E-state index contributed by atoms with van der Waals surface area (Å²) in [5.41, 5.74) is -0.850. The van der Waals surface area contributed by atoms with Gasteiger partial charge in [-0.1, -0.05) is 0 Å². The summed E-state index contributed by atoms with van der Waals surface area (Å²) in [4.78, 5) is 22.4. The highest BCUT2D eigenvalue weighted by Gasteiger charge is 2.34. The molecule has 6 nitrogen and oxygen atoms in total. The topological polar surface area (TPSA) is 54.9 Å². The predicted octanol–water partition coefficient (Wildman–Crippen LogP) is 1.57. The summed E-state index contributed by atoms with van der Waals surface area (Å²) >= 11 is 0. The van der Waals surface area contributed by atoms with Crippen LogP contribution in [0.25, 0.3) is 0 Å². The third-order valence-electron chi connectivity index (χ3n) is 3.31. The average molecular weight is 319 g/mol. The molecular weight excluding hydrogens is 303 g/mol. The lowest BCUT2D eigenvalue weighted by molar-refractivity contribution is -0.137. The second-order valence-corrected chi connectivity index (χ2v) is 4.67. The molecule has 1 aromatic heterocycles. The Bertz CT molecular complexity index is 545. The standard InChI is InChI=1S/C13H16F3N3O3/c1-18(21-2)12(20)11-10(19-3-5-22-6-4-19)7-9(8-17-11)13(14,15)16/h7-8H,3-6H2,1-2H3. The molecule has 1 fully saturated rings. The molecule has 22 heavy (non-hydrogen) atoms. The minimum atomic E-state index is -4.53. The molecule has 1 aromatic rings. The number of amides is 1. The van der Waals surface area contributed by atoms with Gasteiger partial charge in [0.25, 0.3) is 5.91 Å². The van der Waals surface area contributed by atoms with Crippen LogP contribution in [0.5, 0.6) is 0 Å². The van der Waals surface area contributed by atoms with Crippen LogP contribution in [0, 0.1) is 0 Å². The Morgan fingerprint density at radius 3 is 2.59 bits per heavy atom. The molecule has 0 spiro atoms. The van der Waals surface area contributed by atoms with E-state index >= 15 is 0 Å². The van der Waals surface area contributed by atoms with Crippen molar-refractivity contribution in [1.29, 1.82) is 0 Å². The average Bonchev–Trinajstić information content (AvgIpc) is 2.52. The number of halogens is 3. The highest BCUT2D eigenvalue weighted by molar-refractivity contribution is 5.97. The summed E-state index contributed by atoms with van der Waals surface area (Å²) in [5.74, 6) is -0.613. The van der Waals surface area contributed by atoms with Gasteiger partial charge in [-0.15, -0.1) is 0 Å². The van der Waals surface area contributed by atoms with Crippen LogP contribution in [0.3, 0.4) is 0 Å². The van der Waals surface area contributed by atoms with E-state index in [4.69, 9.17) is 9.57 Å². The summed E-state index contributed by atoms with van der Waals surface area (Å²) in [6.07, 6.45) is -3.87. The fourth-order valence-electron chi connectivity index (χ4n) is 2.05. The normalized spacial score (nSPS) is 15.8. The van der Waals surface area contributed by atoms with Crippen molar-refractivity contribution in [2.24, 2.45) is 0 Å². The van der Waals surface area contributed by atoms with Crippen LogP contribution in [0.15, 0.2) is 12.3 Å². The van der Waals surface area contributed by atoms with E-state index in [1.807, 2.05) is 0 Å². The van der Waals surface area contributed by atoms with Crippen molar-refractivity contribution >= 4 is 11.6 Å². The molecule has 2 heterocycles. The van der Waals surface area contributed by atoms with Crippen LogP contribution in [0.2, 0.25) is 0 Å². The van der Waals surface area contributed by atoms with E-state index in [1.54, 1.807) is 4.90 Å². The lowest BCUT2D eigenvalue weighted by Gasteiger charge is -2.30. The zero-order chi connectivity index (χ0) is 16.3. The first-order valence-electron chi connectivity index (χ1n) is 6.56. The molecule has 1 saturated heterocycles. The highest BCUT2D eigenvalue weighted by Crippen LogP contribution is 2.33. The van der Waals surface area contributed by atoms with Crippen LogP contribution in [-0.4, -0.2) is 56.4 Å². The maximum absolute atomic E-state index is 12.9. The number of pyridine rings is 1. The molecule has 1 aliphatic heterocycles. The lowest BCUT2D eigenvalue weighted by Crippen LogP contribution is -2.38. The number of anilines is 1. The van der Waals surface area contributed by atoms with Crippen molar-refractivity contribution in [1.82, 2.24) is 10.0 Å². The van der Waals surface area contributed by atoms with Crippen LogP contribution in [-0.2, 0) is 15.8 Å². The Morgan fingerprint density at radius 2 is 2.05 bits per heavy atom. The molecule has 0 radical (unpaired) electrons. The Kier molecular flexibility index (Phi) is 4.87. The van der Waals surface area contributed by atoms with E-state index in [0.29, 0.717) is 32.5 Å². The van der Waals surface area contributed by atoms with Crippen molar-refractivity contribution in [3.8, 4) is 0 Å². The van der Waals surface area contributed by atoms with Gasteiger partial charge in [0.15, 0.2) is 5.69 Å². The van der Waals surface area contributed by atoms with Crippen molar-refractivity contribution < 1.29 is 27.5 Å². The number of nitrogens with zero attached hydrogens (tertiary/aromatic N) is 3. The Balaban J connectivity index is 2.45. The van der Waals surface area contributed by atoms with E-state index in [-0.39, 0.29) is 11.4 Å². The van der Waals surface area contributed by atoms with Gasteiger partial charge < -0.3 is 9.64 Å². The summed E-state index contributed by atoms with van der Waals surface area (Å²) in [6.45, 7) is 1.54. The molecule has 0 atom stereocenters. The molecule has 0 bridgehead atoms. The number of alkyl halides is 3. The van der Waals surface area contributed by atoms with Gasteiger partial charge in [-0.2, -0.15) is 13.2 Å². The van der Waals surface area contributed by atoms with Crippen molar-refractivity contribution in [2.75, 3.05) is 45.4 Å². The predicted molar refractivity (Wildman–Crippen MR) is 71.4 cm³/mol. The molecule has 1 aliphatic rings. The molecule has 0 aromatic carbocycles. The van der Waals surface area contributed by atoms with Gasteiger partial charge in [-0.25, -0.2) is 10.0 Å². The third-order valence-corrected chi connectivity index (χ3v) is 3.31. The van der Waals surface area contributed by atoms with Gasteiger partial charge in [0.2, 0.25) is 0 Å². The van der Waals surface area contributed by atoms with Crippen LogP contribution in [0.4, 0.5) is 18.9 Å². The van der Waals surface area contributed by atoms with E-state index in [9.17, 15) is 18.0 Å². The molecule has 1 amide bonds. The Morgan fingerprint density at radius 1 is 1.41 bits per heavy atom. The van der Waals surface area contributed by atoms with Gasteiger partial charge in [0.1, 0.15) is 0 Å². The van der Waals surface area contributed by atoms with Crippen LogP contribution in [0.1, 0.15) is 16.1 Å². The molecule has 0 saturated carbocycles. The van der Waals surface area contributed by atoms with Crippen LogP contribution >= 0.6 is 0 Å². The number of hydroxylamine groups is 2. The van der Waals surface area contributed by atoms with Crippen molar-refractivity contribution in [3.63, 3.8) is 0 Å². The summed E-state index contributed by atoms with van der Waals surface area (Å²) < 4.78 is 43.9. The van der Waals surface area contributed by atoms with Gasteiger partial charge >= 0.3 is 6.18 Å². The molecular formula is C13H16F3N3O3. The van der Waals surface area contributed by atoms with Gasteiger partial charge in [0, 0.05) is 26.3 Å². The lowest BCUT2D eigenvalue weighted by atomic mass is 10.1. The number of rotatable bonds is 3. The number of ether oxygens (including phenoxy) is 1. The van der Waals surface area contributed by atoms with E-state index in [0.717, 1.165) is 11.1 Å². The molecule has 0 N–H and O–H groups in total. The first kappa shape index (κ1) is 16.5. The first-order valence-corrected chi connectivity index (χ1v) is 6.56. The van der Waals surface area contributed by atoms with E-state index < -0.39 is 17.6 Å². The van der Waals surface area contributed by atoms with Crippen LogP contribution < -0.4 is 4.90 Å². The molecule has 2 rings (SSSR count). The number of hydrogen-bond donors (Lipinski definition) is 0. The Labute approximate surface area is 125 Å². The second kappa shape index (κ2) is 6.49. The SMILES string of the molecule is CON(C)C(=O)c1ncc(C(F)(F)F)cc1N1CCOCC1. The largest absolute Gasteiger partial charge is 0.417 e. The summed E-state index contributed by atoms with van der Waals surface area (Å²) in [7, 11) is 2.65. The fourth-order valence-corrected chi connectivity index (χ4v) is 2.05. The number of hydrogen-bond acceptors (Lipinski definition) is 5. The minimum absolute atomic E-state index is 0.0840. The second-order valence-electron chi connectivity index (χ2n) is 4.67. The highest BCUT2D eigenvalue weighted by atomic mass is 19.4. The molecule has 9 heteroatoms. The first-order chi connectivity index (χ1) is 10.3. The molecule has 0 aliphatic carbocycles. The van der Waals surface area contributed by atoms with E-state index in [1.165, 1.54) is 14.2 Å². The zero-order valence-corrected chi connectivity index (χ0v) is 12.2. The minimum Gasteiger partial charge on any atom is -0.378 e. The number of morpholine rings is 1. The monoisotopic (exact) mass is 319 g/mol. The maximum atomic E-state index is 12.9. The van der Waals surface area contributed by atoms with Gasteiger partial charge in [-0.05, 0) is 6.07 Å². The fraction of sp³-hybridized carbons (Fsp3) is 0.538. The number of carbonyl (C=O) groups is 1. The van der Waals surface area contributed by atoms with Crippen molar-refractivity contribution in [2.45, 2.75) is 6.18 Å². The maximum Gasteiger partial charge on any atom is 0.417 e. The zero-order valence-electron chi connectivity index (χ0n) is 12.2. The smallest absolute Gasteiger partial charge is 0.378 e.